The summed E-state index contributed by atoms with van der Waals surface area (Å²) in [5.74, 6) is 0. The summed E-state index contributed by atoms with van der Waals surface area (Å²) < 4.78 is 2.02. The van der Waals surface area contributed by atoms with E-state index in [-0.39, 0.29) is 0 Å². The highest BCUT2D eigenvalue weighted by molar-refractivity contribution is 5.73. The third-order valence-corrected chi connectivity index (χ3v) is 4.76. The molecule has 0 unspecified atom stereocenters. The Morgan fingerprint density at radius 3 is 2.29 bits per heavy atom. The van der Waals surface area contributed by atoms with Crippen molar-refractivity contribution in [3.8, 4) is 0 Å². The van der Waals surface area contributed by atoms with Gasteiger partial charge in [-0.2, -0.15) is 0 Å². The Balaban J connectivity index is 1.27. The Kier molecular flexibility index (Phi) is 4.53. The van der Waals surface area contributed by atoms with Gasteiger partial charge >= 0.3 is 0 Å². The van der Waals surface area contributed by atoms with Gasteiger partial charge in [0.05, 0.1) is 12.1 Å². The molecule has 2 heterocycles. The number of hydrogen-bond acceptors (Lipinski definition) is 4. The molecule has 1 fully saturated rings. The second kappa shape index (κ2) is 7.11. The van der Waals surface area contributed by atoms with Gasteiger partial charge in [-0.1, -0.05) is 47.7 Å². The van der Waals surface area contributed by atoms with Crippen LogP contribution in [-0.4, -0.2) is 57.5 Å². The lowest BCUT2D eigenvalue weighted by Gasteiger charge is -2.34. The first-order valence-electron chi connectivity index (χ1n) is 8.65. The van der Waals surface area contributed by atoms with Gasteiger partial charge in [0, 0.05) is 39.3 Å². The van der Waals surface area contributed by atoms with Gasteiger partial charge in [0.2, 0.25) is 0 Å². The maximum absolute atomic E-state index is 4.28. The molecule has 0 radical (unpaired) electrons. The van der Waals surface area contributed by atoms with E-state index in [2.05, 4.69) is 56.5 Å². The van der Waals surface area contributed by atoms with Gasteiger partial charge in [0.1, 0.15) is 5.52 Å². The molecule has 1 aromatic heterocycles. The van der Waals surface area contributed by atoms with Crippen LogP contribution in [0.1, 0.15) is 5.56 Å². The van der Waals surface area contributed by atoms with E-state index in [4.69, 9.17) is 0 Å². The SMILES string of the molecule is c1ccc(CN2CCN(CCn3nnc4ccccc43)CC2)cc1. The van der Waals surface area contributed by atoms with E-state index >= 15 is 0 Å². The van der Waals surface area contributed by atoms with Crippen molar-refractivity contribution in [1.82, 2.24) is 24.8 Å². The zero-order valence-electron chi connectivity index (χ0n) is 13.9. The van der Waals surface area contributed by atoms with E-state index < -0.39 is 0 Å². The minimum Gasteiger partial charge on any atom is -0.299 e. The van der Waals surface area contributed by atoms with Crippen LogP contribution in [0.4, 0.5) is 0 Å². The molecule has 2 aromatic carbocycles. The maximum atomic E-state index is 4.28. The maximum Gasteiger partial charge on any atom is 0.113 e. The molecule has 1 saturated heterocycles. The first-order valence-corrected chi connectivity index (χ1v) is 8.65. The van der Waals surface area contributed by atoms with E-state index in [1.165, 1.54) is 5.56 Å². The van der Waals surface area contributed by atoms with Gasteiger partial charge in [0.15, 0.2) is 0 Å². The predicted octanol–water partition coefficient (Wildman–Crippen LogP) is 2.25. The number of rotatable bonds is 5. The average molecular weight is 321 g/mol. The van der Waals surface area contributed by atoms with Crippen molar-refractivity contribution in [3.05, 3.63) is 60.2 Å². The van der Waals surface area contributed by atoms with Crippen molar-refractivity contribution in [2.24, 2.45) is 0 Å². The predicted molar refractivity (Wildman–Crippen MR) is 95.7 cm³/mol. The molecule has 0 N–H and O–H groups in total. The smallest absolute Gasteiger partial charge is 0.113 e. The fraction of sp³-hybridized carbons (Fsp3) is 0.368. The average Bonchev–Trinajstić information content (AvgIpc) is 3.05. The normalized spacial score (nSPS) is 16.7. The molecule has 124 valence electrons. The third-order valence-electron chi connectivity index (χ3n) is 4.76. The molecule has 0 amide bonds. The molecule has 0 bridgehead atoms. The number of para-hydroxylation sites is 1. The molecule has 3 aromatic rings. The first-order chi connectivity index (χ1) is 11.9. The van der Waals surface area contributed by atoms with E-state index in [1.807, 2.05) is 22.9 Å². The summed E-state index contributed by atoms with van der Waals surface area (Å²) in [4.78, 5) is 5.06. The van der Waals surface area contributed by atoms with Crippen molar-refractivity contribution in [2.45, 2.75) is 13.1 Å². The molecule has 0 saturated carbocycles. The fourth-order valence-corrected chi connectivity index (χ4v) is 3.33. The summed E-state index contributed by atoms with van der Waals surface area (Å²) in [5, 5.41) is 8.51. The molecule has 5 heteroatoms. The molecule has 5 nitrogen and oxygen atoms in total. The Morgan fingerprint density at radius 2 is 1.46 bits per heavy atom. The molecule has 1 aliphatic heterocycles. The van der Waals surface area contributed by atoms with Gasteiger partial charge in [-0.25, -0.2) is 4.68 Å². The van der Waals surface area contributed by atoms with E-state index in [1.54, 1.807) is 0 Å². The molecule has 24 heavy (non-hydrogen) atoms. The van der Waals surface area contributed by atoms with Crippen molar-refractivity contribution in [2.75, 3.05) is 32.7 Å². The highest BCUT2D eigenvalue weighted by atomic mass is 15.4. The summed E-state index contributed by atoms with van der Waals surface area (Å²) in [6.45, 7) is 7.51. The summed E-state index contributed by atoms with van der Waals surface area (Å²) in [7, 11) is 0. The number of piperazine rings is 1. The molecular formula is C19H23N5. The quantitative estimate of drug-likeness (QED) is 0.722. The lowest BCUT2D eigenvalue weighted by atomic mass is 10.2. The zero-order chi connectivity index (χ0) is 16.2. The Hall–Kier alpha value is -2.24. The van der Waals surface area contributed by atoms with Crippen molar-refractivity contribution >= 4 is 11.0 Å². The molecule has 4 rings (SSSR count). The molecule has 0 aliphatic carbocycles. The van der Waals surface area contributed by atoms with E-state index in [0.717, 1.165) is 56.8 Å². The van der Waals surface area contributed by atoms with Gasteiger partial charge in [0.25, 0.3) is 0 Å². The first kappa shape index (κ1) is 15.3. The van der Waals surface area contributed by atoms with Crippen LogP contribution in [0.2, 0.25) is 0 Å². The van der Waals surface area contributed by atoms with Crippen LogP contribution in [-0.2, 0) is 13.1 Å². The van der Waals surface area contributed by atoms with Gasteiger partial charge in [-0.05, 0) is 17.7 Å². The number of hydrogen-bond donors (Lipinski definition) is 0. The number of fused-ring (bicyclic) bond motifs is 1. The van der Waals surface area contributed by atoms with Crippen LogP contribution in [0.25, 0.3) is 11.0 Å². The number of benzene rings is 2. The molecule has 0 atom stereocenters. The number of nitrogens with zero attached hydrogens (tertiary/aromatic N) is 5. The number of aromatic nitrogens is 3. The lowest BCUT2D eigenvalue weighted by Crippen LogP contribution is -2.46. The highest BCUT2D eigenvalue weighted by Gasteiger charge is 2.17. The van der Waals surface area contributed by atoms with Gasteiger partial charge < -0.3 is 0 Å². The highest BCUT2D eigenvalue weighted by Crippen LogP contribution is 2.11. The summed E-state index contributed by atoms with van der Waals surface area (Å²) in [5.41, 5.74) is 3.51. The standard InChI is InChI=1S/C19H23N5/c1-2-6-17(7-3-1)16-23-12-10-22(11-13-23)14-15-24-19-9-5-4-8-18(19)20-21-24/h1-9H,10-16H2. The molecule has 0 spiro atoms. The monoisotopic (exact) mass is 321 g/mol. The Labute approximate surface area is 142 Å². The van der Waals surface area contributed by atoms with Crippen molar-refractivity contribution in [1.29, 1.82) is 0 Å². The second-order valence-corrected chi connectivity index (χ2v) is 6.40. The minimum absolute atomic E-state index is 0.902. The molecule has 1 aliphatic rings. The van der Waals surface area contributed by atoms with Crippen molar-refractivity contribution < 1.29 is 0 Å². The largest absolute Gasteiger partial charge is 0.299 e. The minimum atomic E-state index is 0.902. The van der Waals surface area contributed by atoms with Gasteiger partial charge in [-0.15, -0.1) is 5.10 Å². The van der Waals surface area contributed by atoms with Crippen LogP contribution in [0.3, 0.4) is 0 Å². The van der Waals surface area contributed by atoms with Crippen LogP contribution in [0, 0.1) is 0 Å². The Bertz CT molecular complexity index is 775. The lowest BCUT2D eigenvalue weighted by molar-refractivity contribution is 0.123. The van der Waals surface area contributed by atoms with Crippen molar-refractivity contribution in [3.63, 3.8) is 0 Å². The molecular weight excluding hydrogens is 298 g/mol. The zero-order valence-corrected chi connectivity index (χ0v) is 13.9. The summed E-state index contributed by atoms with van der Waals surface area (Å²) in [6.07, 6.45) is 0. The summed E-state index contributed by atoms with van der Waals surface area (Å²) >= 11 is 0. The van der Waals surface area contributed by atoms with E-state index in [9.17, 15) is 0 Å². The fourth-order valence-electron chi connectivity index (χ4n) is 3.33. The van der Waals surface area contributed by atoms with Gasteiger partial charge in [-0.3, -0.25) is 9.80 Å². The Morgan fingerprint density at radius 1 is 0.750 bits per heavy atom. The summed E-state index contributed by atoms with van der Waals surface area (Å²) in [6, 6.07) is 18.9. The van der Waals surface area contributed by atoms with Crippen LogP contribution >= 0.6 is 0 Å². The third kappa shape index (κ3) is 3.47. The second-order valence-electron chi connectivity index (χ2n) is 6.40. The van der Waals surface area contributed by atoms with Crippen LogP contribution < -0.4 is 0 Å². The van der Waals surface area contributed by atoms with Crippen LogP contribution in [0.5, 0.6) is 0 Å². The topological polar surface area (TPSA) is 37.2 Å². The van der Waals surface area contributed by atoms with Crippen LogP contribution in [0.15, 0.2) is 54.6 Å². The van der Waals surface area contributed by atoms with E-state index in [0.29, 0.717) is 0 Å².